The number of hydrogen-bond donors (Lipinski definition) is 1. The van der Waals surface area contributed by atoms with Gasteiger partial charge in [-0.3, -0.25) is 4.79 Å². The number of aromatic carboxylic acids is 1. The lowest BCUT2D eigenvalue weighted by molar-refractivity contribution is 0.0694. The molecule has 0 unspecified atom stereocenters. The molecule has 4 nitrogen and oxygen atoms in total. The molecular formula is C10H12ClNO3. The highest BCUT2D eigenvalue weighted by molar-refractivity contribution is 6.33. The van der Waals surface area contributed by atoms with Crippen LogP contribution in [-0.2, 0) is 6.54 Å². The van der Waals surface area contributed by atoms with Crippen LogP contribution in [0, 0.1) is 5.92 Å². The van der Waals surface area contributed by atoms with Gasteiger partial charge in [-0.1, -0.05) is 25.4 Å². The first-order chi connectivity index (χ1) is 6.93. The van der Waals surface area contributed by atoms with E-state index in [1.165, 1.54) is 16.8 Å². The molecule has 0 aliphatic heterocycles. The molecule has 1 N–H and O–H groups in total. The fraction of sp³-hybridized carbons (Fsp3) is 0.400. The van der Waals surface area contributed by atoms with Gasteiger partial charge in [0.25, 0.3) is 5.56 Å². The lowest BCUT2D eigenvalue weighted by Gasteiger charge is -2.09. The molecule has 0 saturated carbocycles. The van der Waals surface area contributed by atoms with Crippen LogP contribution in [0.15, 0.2) is 17.1 Å². The molecule has 0 fully saturated rings. The first kappa shape index (κ1) is 11.8. The van der Waals surface area contributed by atoms with Crippen LogP contribution in [0.2, 0.25) is 5.02 Å². The number of halogens is 1. The summed E-state index contributed by atoms with van der Waals surface area (Å²) in [6, 6.07) is 1.43. The van der Waals surface area contributed by atoms with Gasteiger partial charge in [0.15, 0.2) is 0 Å². The average Bonchev–Trinajstić information content (AvgIpc) is 2.09. The summed E-state index contributed by atoms with van der Waals surface area (Å²) >= 11 is 5.64. The number of carboxylic acid groups (broad SMARTS) is 1. The Labute approximate surface area is 92.1 Å². The first-order valence-electron chi connectivity index (χ1n) is 4.55. The Balaban J connectivity index is 3.29. The van der Waals surface area contributed by atoms with Crippen molar-refractivity contribution in [2.45, 2.75) is 20.4 Å². The summed E-state index contributed by atoms with van der Waals surface area (Å²) in [7, 11) is 0. The van der Waals surface area contributed by atoms with Gasteiger partial charge in [-0.05, 0) is 12.0 Å². The molecule has 82 valence electrons. The zero-order valence-electron chi connectivity index (χ0n) is 8.53. The van der Waals surface area contributed by atoms with E-state index < -0.39 is 11.5 Å². The number of carboxylic acids is 1. The smallest absolute Gasteiger partial charge is 0.342 e. The van der Waals surface area contributed by atoms with Crippen molar-refractivity contribution in [1.29, 1.82) is 0 Å². The largest absolute Gasteiger partial charge is 0.477 e. The van der Waals surface area contributed by atoms with E-state index in [-0.39, 0.29) is 16.5 Å². The van der Waals surface area contributed by atoms with E-state index in [1.54, 1.807) is 0 Å². The van der Waals surface area contributed by atoms with E-state index in [0.717, 1.165) is 0 Å². The summed E-state index contributed by atoms with van der Waals surface area (Å²) in [6.07, 6.45) is 1.51. The Morgan fingerprint density at radius 1 is 1.60 bits per heavy atom. The van der Waals surface area contributed by atoms with Gasteiger partial charge in [0, 0.05) is 12.7 Å². The van der Waals surface area contributed by atoms with Gasteiger partial charge in [-0.15, -0.1) is 0 Å². The molecule has 15 heavy (non-hydrogen) atoms. The highest BCUT2D eigenvalue weighted by atomic mass is 35.5. The summed E-state index contributed by atoms with van der Waals surface area (Å²) in [5.41, 5.74) is -0.913. The lowest BCUT2D eigenvalue weighted by atomic mass is 10.2. The van der Waals surface area contributed by atoms with Gasteiger partial charge < -0.3 is 9.67 Å². The van der Waals surface area contributed by atoms with Crippen LogP contribution in [0.1, 0.15) is 24.2 Å². The van der Waals surface area contributed by atoms with E-state index in [2.05, 4.69) is 0 Å². The third-order valence-corrected chi connectivity index (χ3v) is 2.21. The molecule has 0 spiro atoms. The molecular weight excluding hydrogens is 218 g/mol. The quantitative estimate of drug-likeness (QED) is 0.861. The van der Waals surface area contributed by atoms with Crippen LogP contribution in [-0.4, -0.2) is 15.6 Å². The summed E-state index contributed by atoms with van der Waals surface area (Å²) < 4.78 is 1.36. The van der Waals surface area contributed by atoms with Gasteiger partial charge >= 0.3 is 5.97 Å². The van der Waals surface area contributed by atoms with Crippen LogP contribution < -0.4 is 5.56 Å². The predicted molar refractivity (Wildman–Crippen MR) is 57.5 cm³/mol. The molecule has 0 aliphatic rings. The van der Waals surface area contributed by atoms with E-state index in [4.69, 9.17) is 16.7 Å². The van der Waals surface area contributed by atoms with E-state index in [0.29, 0.717) is 6.54 Å². The maximum Gasteiger partial charge on any atom is 0.342 e. The molecule has 0 amide bonds. The Kier molecular flexibility index (Phi) is 3.52. The van der Waals surface area contributed by atoms with Crippen LogP contribution in [0.4, 0.5) is 0 Å². The second-order valence-corrected chi connectivity index (χ2v) is 4.10. The number of aromatic nitrogens is 1. The molecule has 1 aromatic heterocycles. The molecule has 1 heterocycles. The number of rotatable bonds is 3. The maximum absolute atomic E-state index is 11.7. The maximum atomic E-state index is 11.7. The van der Waals surface area contributed by atoms with E-state index in [9.17, 15) is 9.59 Å². The minimum absolute atomic E-state index is 0.0208. The van der Waals surface area contributed by atoms with Crippen molar-refractivity contribution < 1.29 is 9.90 Å². The Hall–Kier alpha value is -1.29. The SMILES string of the molecule is CC(C)Cn1ccc(Cl)c(C(=O)O)c1=O. The Morgan fingerprint density at radius 2 is 2.20 bits per heavy atom. The van der Waals surface area contributed by atoms with Crippen LogP contribution in [0.3, 0.4) is 0 Å². The Morgan fingerprint density at radius 3 is 2.67 bits per heavy atom. The first-order valence-corrected chi connectivity index (χ1v) is 4.93. The van der Waals surface area contributed by atoms with Gasteiger partial charge in [0.2, 0.25) is 0 Å². The number of carbonyl (C=O) groups is 1. The molecule has 0 radical (unpaired) electrons. The molecule has 0 saturated heterocycles. The number of pyridine rings is 1. The van der Waals surface area contributed by atoms with Gasteiger partial charge in [0.05, 0.1) is 5.02 Å². The normalized spacial score (nSPS) is 10.7. The molecule has 0 bridgehead atoms. The predicted octanol–water partition coefficient (Wildman–Crippen LogP) is 1.86. The van der Waals surface area contributed by atoms with Gasteiger partial charge in [0.1, 0.15) is 5.56 Å². The second kappa shape index (κ2) is 4.49. The molecule has 1 aromatic rings. The Bertz CT molecular complexity index is 437. The number of hydrogen-bond acceptors (Lipinski definition) is 2. The van der Waals surface area contributed by atoms with Crippen LogP contribution in [0.25, 0.3) is 0 Å². The summed E-state index contributed by atoms with van der Waals surface area (Å²) in [5, 5.41) is 8.79. The van der Waals surface area contributed by atoms with Crippen molar-refractivity contribution in [3.63, 3.8) is 0 Å². The monoisotopic (exact) mass is 229 g/mol. The lowest BCUT2D eigenvalue weighted by Crippen LogP contribution is -2.27. The fourth-order valence-corrected chi connectivity index (χ4v) is 1.50. The molecule has 1 rings (SSSR count). The van der Waals surface area contributed by atoms with Gasteiger partial charge in [-0.25, -0.2) is 4.79 Å². The highest BCUT2D eigenvalue weighted by Gasteiger charge is 2.15. The standard InChI is InChI=1S/C10H12ClNO3/c1-6(2)5-12-4-3-7(11)8(9(12)13)10(14)15/h3-4,6H,5H2,1-2H3,(H,14,15). The van der Waals surface area contributed by atoms with Crippen molar-refractivity contribution in [1.82, 2.24) is 4.57 Å². The third-order valence-electron chi connectivity index (χ3n) is 1.89. The topological polar surface area (TPSA) is 59.3 Å². The van der Waals surface area contributed by atoms with Crippen LogP contribution in [0.5, 0.6) is 0 Å². The van der Waals surface area contributed by atoms with Crippen molar-refractivity contribution in [3.8, 4) is 0 Å². The fourth-order valence-electron chi connectivity index (χ4n) is 1.28. The average molecular weight is 230 g/mol. The number of nitrogens with zero attached hydrogens (tertiary/aromatic N) is 1. The van der Waals surface area contributed by atoms with Crippen molar-refractivity contribution >= 4 is 17.6 Å². The zero-order chi connectivity index (χ0) is 11.6. The minimum atomic E-state index is -1.29. The van der Waals surface area contributed by atoms with E-state index in [1.807, 2.05) is 13.8 Å². The summed E-state index contributed by atoms with van der Waals surface area (Å²) in [6.45, 7) is 4.37. The van der Waals surface area contributed by atoms with Crippen LogP contribution >= 0.6 is 11.6 Å². The zero-order valence-corrected chi connectivity index (χ0v) is 9.28. The third kappa shape index (κ3) is 2.59. The van der Waals surface area contributed by atoms with Crippen molar-refractivity contribution in [2.24, 2.45) is 5.92 Å². The molecule has 0 aromatic carbocycles. The molecule has 0 atom stereocenters. The van der Waals surface area contributed by atoms with E-state index >= 15 is 0 Å². The van der Waals surface area contributed by atoms with Gasteiger partial charge in [-0.2, -0.15) is 0 Å². The summed E-state index contributed by atoms with van der Waals surface area (Å²) in [4.78, 5) is 22.4. The second-order valence-electron chi connectivity index (χ2n) is 3.70. The highest BCUT2D eigenvalue weighted by Crippen LogP contribution is 2.11. The molecule has 5 heteroatoms. The van der Waals surface area contributed by atoms with Crippen molar-refractivity contribution in [2.75, 3.05) is 0 Å². The van der Waals surface area contributed by atoms with Crippen molar-refractivity contribution in [3.05, 3.63) is 33.2 Å². The molecule has 0 aliphatic carbocycles. The minimum Gasteiger partial charge on any atom is -0.477 e. The summed E-state index contributed by atoms with van der Waals surface area (Å²) in [5.74, 6) is -1.02.